The van der Waals surface area contributed by atoms with Crippen LogP contribution in [-0.4, -0.2) is 68.6 Å². The van der Waals surface area contributed by atoms with Crippen LogP contribution in [0.15, 0.2) is 23.2 Å². The van der Waals surface area contributed by atoms with Crippen LogP contribution >= 0.6 is 23.2 Å². The molecule has 0 aromatic heterocycles. The summed E-state index contributed by atoms with van der Waals surface area (Å²) in [6.45, 7) is 10.5. The third kappa shape index (κ3) is 6.31. The fourth-order valence-corrected chi connectivity index (χ4v) is 3.68. The van der Waals surface area contributed by atoms with E-state index in [1.165, 1.54) is 0 Å². The van der Waals surface area contributed by atoms with Gasteiger partial charge in [-0.1, -0.05) is 43.1 Å². The summed E-state index contributed by atoms with van der Waals surface area (Å²) in [7, 11) is 3.98. The molecule has 146 valence electrons. The highest BCUT2D eigenvalue weighted by Gasteiger charge is 2.25. The van der Waals surface area contributed by atoms with E-state index in [2.05, 4.69) is 46.3 Å². The highest BCUT2D eigenvalue weighted by molar-refractivity contribution is 6.35. The molecule has 1 heterocycles. The standard InChI is InChI=1S/C19H31Cl2N5/c1-14(2)18(26-9-7-25(4)8-10-26)13-24-19(22-3)23-12-15-5-6-16(20)11-17(15)21/h5-6,11,14,18H,7-10,12-13H2,1-4H3,(H2,22,23,24). The Morgan fingerprint density at radius 1 is 1.15 bits per heavy atom. The van der Waals surface area contributed by atoms with Crippen molar-refractivity contribution in [3.8, 4) is 0 Å². The molecule has 1 unspecified atom stereocenters. The van der Waals surface area contributed by atoms with Gasteiger partial charge >= 0.3 is 0 Å². The lowest BCUT2D eigenvalue weighted by Crippen LogP contribution is -2.55. The number of nitrogens with zero attached hydrogens (tertiary/aromatic N) is 3. The Balaban J connectivity index is 1.87. The lowest BCUT2D eigenvalue weighted by atomic mass is 10.0. The van der Waals surface area contributed by atoms with E-state index >= 15 is 0 Å². The molecule has 26 heavy (non-hydrogen) atoms. The van der Waals surface area contributed by atoms with Crippen molar-refractivity contribution < 1.29 is 0 Å². The molecule has 2 N–H and O–H groups in total. The lowest BCUT2D eigenvalue weighted by molar-refractivity contribution is 0.0900. The Morgan fingerprint density at radius 2 is 1.85 bits per heavy atom. The summed E-state index contributed by atoms with van der Waals surface area (Å²) in [6.07, 6.45) is 0. The molecule has 2 rings (SSSR count). The fraction of sp³-hybridized carbons (Fsp3) is 0.632. The molecule has 0 spiro atoms. The molecule has 1 atom stereocenters. The van der Waals surface area contributed by atoms with Gasteiger partial charge in [0, 0.05) is 62.4 Å². The third-order valence-electron chi connectivity index (χ3n) is 4.94. The van der Waals surface area contributed by atoms with E-state index in [1.54, 1.807) is 13.1 Å². The number of rotatable bonds is 6. The van der Waals surface area contributed by atoms with Crippen LogP contribution in [0.25, 0.3) is 0 Å². The molecule has 1 saturated heterocycles. The second-order valence-electron chi connectivity index (χ2n) is 7.19. The topological polar surface area (TPSA) is 42.9 Å². The number of nitrogens with one attached hydrogen (secondary N) is 2. The summed E-state index contributed by atoms with van der Waals surface area (Å²) < 4.78 is 0. The van der Waals surface area contributed by atoms with Gasteiger partial charge in [-0.15, -0.1) is 0 Å². The van der Waals surface area contributed by atoms with Crippen LogP contribution in [0.3, 0.4) is 0 Å². The van der Waals surface area contributed by atoms with Gasteiger partial charge in [0.15, 0.2) is 5.96 Å². The quantitative estimate of drug-likeness (QED) is 0.569. The number of hydrogen-bond donors (Lipinski definition) is 2. The number of hydrogen-bond acceptors (Lipinski definition) is 3. The van der Waals surface area contributed by atoms with E-state index in [-0.39, 0.29) is 0 Å². The highest BCUT2D eigenvalue weighted by Crippen LogP contribution is 2.20. The maximum absolute atomic E-state index is 6.24. The molecule has 7 heteroatoms. The van der Waals surface area contributed by atoms with Crippen molar-refractivity contribution >= 4 is 29.2 Å². The van der Waals surface area contributed by atoms with Crippen LogP contribution < -0.4 is 10.6 Å². The Labute approximate surface area is 167 Å². The molecule has 0 amide bonds. The van der Waals surface area contributed by atoms with Crippen LogP contribution in [0.5, 0.6) is 0 Å². The van der Waals surface area contributed by atoms with Crippen LogP contribution in [0.4, 0.5) is 0 Å². The first-order valence-electron chi connectivity index (χ1n) is 9.21. The number of aliphatic imine (C=N–C) groups is 1. The summed E-state index contributed by atoms with van der Waals surface area (Å²) in [5.41, 5.74) is 0.999. The van der Waals surface area contributed by atoms with Crippen LogP contribution in [-0.2, 0) is 6.54 Å². The van der Waals surface area contributed by atoms with Gasteiger partial charge in [0.05, 0.1) is 0 Å². The van der Waals surface area contributed by atoms with E-state index in [9.17, 15) is 0 Å². The smallest absolute Gasteiger partial charge is 0.191 e. The number of likely N-dealkylation sites (N-methyl/N-ethyl adjacent to an activating group) is 1. The molecule has 1 aliphatic rings. The first kappa shape index (κ1) is 21.3. The van der Waals surface area contributed by atoms with E-state index in [0.29, 0.717) is 28.5 Å². The minimum Gasteiger partial charge on any atom is -0.355 e. The van der Waals surface area contributed by atoms with Gasteiger partial charge in [0.2, 0.25) is 0 Å². The predicted octanol–water partition coefficient (Wildman–Crippen LogP) is 2.93. The van der Waals surface area contributed by atoms with Crippen molar-refractivity contribution in [1.29, 1.82) is 0 Å². The van der Waals surface area contributed by atoms with Crippen molar-refractivity contribution in [1.82, 2.24) is 20.4 Å². The zero-order chi connectivity index (χ0) is 19.1. The summed E-state index contributed by atoms with van der Waals surface area (Å²) in [4.78, 5) is 9.31. The summed E-state index contributed by atoms with van der Waals surface area (Å²) in [5, 5.41) is 8.12. The van der Waals surface area contributed by atoms with Gasteiger partial charge in [0.25, 0.3) is 0 Å². The Kier molecular flexibility index (Phi) is 8.48. The van der Waals surface area contributed by atoms with Crippen molar-refractivity contribution in [2.45, 2.75) is 26.4 Å². The molecule has 0 saturated carbocycles. The third-order valence-corrected chi connectivity index (χ3v) is 5.53. The molecule has 1 aromatic rings. The molecule has 0 aliphatic carbocycles. The van der Waals surface area contributed by atoms with E-state index in [0.717, 1.165) is 44.2 Å². The van der Waals surface area contributed by atoms with Gasteiger partial charge < -0.3 is 15.5 Å². The van der Waals surface area contributed by atoms with Crippen LogP contribution in [0.1, 0.15) is 19.4 Å². The summed E-state index contributed by atoms with van der Waals surface area (Å²) in [5.74, 6) is 1.37. The second-order valence-corrected chi connectivity index (χ2v) is 8.04. The highest BCUT2D eigenvalue weighted by atomic mass is 35.5. The first-order chi connectivity index (χ1) is 12.4. The minimum absolute atomic E-state index is 0.487. The largest absolute Gasteiger partial charge is 0.355 e. The van der Waals surface area contributed by atoms with E-state index < -0.39 is 0 Å². The van der Waals surface area contributed by atoms with Crippen LogP contribution in [0.2, 0.25) is 10.0 Å². The Hall–Kier alpha value is -1.01. The molecule has 1 fully saturated rings. The molecular weight excluding hydrogens is 369 g/mol. The van der Waals surface area contributed by atoms with Crippen molar-refractivity contribution in [3.05, 3.63) is 33.8 Å². The lowest BCUT2D eigenvalue weighted by Gasteiger charge is -2.40. The van der Waals surface area contributed by atoms with Gasteiger partial charge in [-0.25, -0.2) is 0 Å². The molecule has 1 aliphatic heterocycles. The van der Waals surface area contributed by atoms with Gasteiger partial charge in [0.1, 0.15) is 0 Å². The first-order valence-corrected chi connectivity index (χ1v) is 9.97. The second kappa shape index (κ2) is 10.4. The Morgan fingerprint density at radius 3 is 2.42 bits per heavy atom. The average Bonchev–Trinajstić information content (AvgIpc) is 2.60. The average molecular weight is 400 g/mol. The molecule has 5 nitrogen and oxygen atoms in total. The van der Waals surface area contributed by atoms with Gasteiger partial charge in [-0.2, -0.15) is 0 Å². The SMILES string of the molecule is CN=C(NCc1ccc(Cl)cc1Cl)NCC(C(C)C)N1CCN(C)CC1. The molecule has 1 aromatic carbocycles. The molecule has 0 bridgehead atoms. The summed E-state index contributed by atoms with van der Waals surface area (Å²) in [6, 6.07) is 6.04. The minimum atomic E-state index is 0.487. The number of guanidine groups is 1. The number of benzene rings is 1. The Bertz CT molecular complexity index is 598. The van der Waals surface area contributed by atoms with E-state index in [4.69, 9.17) is 23.2 Å². The summed E-state index contributed by atoms with van der Waals surface area (Å²) >= 11 is 12.2. The number of piperazine rings is 1. The zero-order valence-electron chi connectivity index (χ0n) is 16.2. The number of halogens is 2. The van der Waals surface area contributed by atoms with Crippen LogP contribution in [0, 0.1) is 5.92 Å². The van der Waals surface area contributed by atoms with Crippen molar-refractivity contribution in [2.75, 3.05) is 46.8 Å². The molecular formula is C19H31Cl2N5. The van der Waals surface area contributed by atoms with Crippen molar-refractivity contribution in [2.24, 2.45) is 10.9 Å². The van der Waals surface area contributed by atoms with Gasteiger partial charge in [-0.3, -0.25) is 9.89 Å². The maximum Gasteiger partial charge on any atom is 0.191 e. The maximum atomic E-state index is 6.24. The van der Waals surface area contributed by atoms with Crippen molar-refractivity contribution in [3.63, 3.8) is 0 Å². The normalized spacial score (nSPS) is 18.2. The monoisotopic (exact) mass is 399 g/mol. The predicted molar refractivity (Wildman–Crippen MR) is 112 cm³/mol. The zero-order valence-corrected chi connectivity index (χ0v) is 17.7. The molecule has 0 radical (unpaired) electrons. The van der Waals surface area contributed by atoms with E-state index in [1.807, 2.05) is 12.1 Å². The fourth-order valence-electron chi connectivity index (χ4n) is 3.21. The van der Waals surface area contributed by atoms with Gasteiger partial charge in [-0.05, 0) is 30.7 Å².